The number of carbonyl (C=O) groups is 1. The van der Waals surface area contributed by atoms with Gasteiger partial charge in [0.2, 0.25) is 0 Å². The molecule has 0 aliphatic heterocycles. The van der Waals surface area contributed by atoms with E-state index < -0.39 is 0 Å². The molecule has 3 rings (SSSR count). The number of rotatable bonds is 11. The third-order valence-corrected chi connectivity index (χ3v) is 6.40. The average molecular weight is 407 g/mol. The maximum absolute atomic E-state index is 12.4. The normalized spacial score (nSPS) is 19.1. The molecule has 30 heavy (non-hydrogen) atoms. The second-order valence-electron chi connectivity index (χ2n) is 9.02. The van der Waals surface area contributed by atoms with Crippen LogP contribution in [-0.4, -0.2) is 12.4 Å². The highest BCUT2D eigenvalue weighted by atomic mass is 16.5. The van der Waals surface area contributed by atoms with Crippen LogP contribution in [0.5, 0.6) is 5.75 Å². The molecule has 0 saturated heterocycles. The Labute approximate surface area is 183 Å². The first-order valence-corrected chi connectivity index (χ1v) is 12.0. The molecule has 0 amide bonds. The topological polar surface area (TPSA) is 26.3 Å². The zero-order valence-electron chi connectivity index (χ0n) is 18.9. The van der Waals surface area contributed by atoms with Crippen LogP contribution in [0.3, 0.4) is 0 Å². The standard InChI is InChI=1S/C28H38O2/c1-3-4-5-6-7-8-9-20-30-26-17-15-24(16-18-26)23-11-13-25(14-12-23)27-19-10-22(2)21-28(27)29/h11-18,22,27H,3-10,19-21H2,1-2H3/t22-,27+/m0/s1. The highest BCUT2D eigenvalue weighted by Crippen LogP contribution is 2.34. The molecule has 1 aliphatic rings. The van der Waals surface area contributed by atoms with Crippen molar-refractivity contribution in [1.29, 1.82) is 0 Å². The number of ketones is 1. The van der Waals surface area contributed by atoms with Gasteiger partial charge in [0.1, 0.15) is 11.5 Å². The fraction of sp³-hybridized carbons (Fsp3) is 0.536. The molecule has 0 unspecified atom stereocenters. The second-order valence-corrected chi connectivity index (χ2v) is 9.02. The Hall–Kier alpha value is -2.09. The molecule has 1 saturated carbocycles. The number of ether oxygens (including phenoxy) is 1. The van der Waals surface area contributed by atoms with Crippen LogP contribution in [-0.2, 0) is 4.79 Å². The minimum atomic E-state index is 0.0951. The van der Waals surface area contributed by atoms with Crippen molar-refractivity contribution in [2.45, 2.75) is 84.0 Å². The summed E-state index contributed by atoms with van der Waals surface area (Å²) in [6.07, 6.45) is 12.0. The van der Waals surface area contributed by atoms with E-state index in [1.54, 1.807) is 0 Å². The highest BCUT2D eigenvalue weighted by molar-refractivity contribution is 5.86. The molecule has 0 radical (unpaired) electrons. The first-order valence-electron chi connectivity index (χ1n) is 12.0. The van der Waals surface area contributed by atoms with Gasteiger partial charge in [-0.05, 0) is 54.0 Å². The lowest BCUT2D eigenvalue weighted by atomic mass is 9.78. The summed E-state index contributed by atoms with van der Waals surface area (Å²) in [5, 5.41) is 0. The predicted octanol–water partition coefficient (Wildman–Crippen LogP) is 7.96. The monoisotopic (exact) mass is 406 g/mol. The fourth-order valence-corrected chi connectivity index (χ4v) is 4.45. The number of unbranched alkanes of at least 4 members (excludes halogenated alkanes) is 6. The molecule has 162 valence electrons. The summed E-state index contributed by atoms with van der Waals surface area (Å²) in [4.78, 5) is 12.4. The predicted molar refractivity (Wildman–Crippen MR) is 126 cm³/mol. The van der Waals surface area contributed by atoms with E-state index in [1.165, 1.54) is 55.2 Å². The summed E-state index contributed by atoms with van der Waals surface area (Å²) in [6.45, 7) is 5.24. The zero-order valence-corrected chi connectivity index (χ0v) is 18.9. The van der Waals surface area contributed by atoms with Crippen LogP contribution in [0.4, 0.5) is 0 Å². The molecule has 1 aliphatic carbocycles. The van der Waals surface area contributed by atoms with Gasteiger partial charge in [0.25, 0.3) is 0 Å². The molecule has 2 aromatic rings. The van der Waals surface area contributed by atoms with E-state index in [2.05, 4.69) is 62.4 Å². The molecule has 2 atom stereocenters. The van der Waals surface area contributed by atoms with Crippen LogP contribution >= 0.6 is 0 Å². The zero-order chi connectivity index (χ0) is 21.2. The van der Waals surface area contributed by atoms with E-state index in [0.717, 1.165) is 38.0 Å². The SMILES string of the molecule is CCCCCCCCCOc1ccc(-c2ccc([C@H]3CC[C@H](C)CC3=O)cc2)cc1. The van der Waals surface area contributed by atoms with E-state index in [0.29, 0.717) is 11.7 Å². The molecule has 1 fully saturated rings. The third-order valence-electron chi connectivity index (χ3n) is 6.40. The van der Waals surface area contributed by atoms with E-state index >= 15 is 0 Å². The van der Waals surface area contributed by atoms with Gasteiger partial charge in [0.15, 0.2) is 0 Å². The van der Waals surface area contributed by atoms with Crippen molar-refractivity contribution in [2.24, 2.45) is 5.92 Å². The van der Waals surface area contributed by atoms with Gasteiger partial charge in [-0.1, -0.05) is 88.8 Å². The Morgan fingerprint density at radius 3 is 2.03 bits per heavy atom. The Bertz CT molecular complexity index is 760. The van der Waals surface area contributed by atoms with Crippen molar-refractivity contribution in [3.63, 3.8) is 0 Å². The van der Waals surface area contributed by atoms with Gasteiger partial charge in [0.05, 0.1) is 6.61 Å². The van der Waals surface area contributed by atoms with Crippen molar-refractivity contribution in [1.82, 2.24) is 0 Å². The first kappa shape index (κ1) is 22.6. The van der Waals surface area contributed by atoms with Gasteiger partial charge in [-0.3, -0.25) is 4.79 Å². The summed E-state index contributed by atoms with van der Waals surface area (Å²) >= 11 is 0. The van der Waals surface area contributed by atoms with Gasteiger partial charge in [-0.25, -0.2) is 0 Å². The Morgan fingerprint density at radius 1 is 0.800 bits per heavy atom. The molecule has 2 nitrogen and oxygen atoms in total. The molecular formula is C28H38O2. The lowest BCUT2D eigenvalue weighted by Crippen LogP contribution is -2.21. The summed E-state index contributed by atoms with van der Waals surface area (Å²) in [5.74, 6) is 1.99. The molecule has 0 N–H and O–H groups in total. The van der Waals surface area contributed by atoms with Crippen LogP contribution in [0.25, 0.3) is 11.1 Å². The summed E-state index contributed by atoms with van der Waals surface area (Å²) in [6, 6.07) is 17.0. The number of carbonyl (C=O) groups excluding carboxylic acids is 1. The lowest BCUT2D eigenvalue weighted by Gasteiger charge is -2.25. The van der Waals surface area contributed by atoms with E-state index in [1.807, 2.05) is 0 Å². The van der Waals surface area contributed by atoms with Crippen molar-refractivity contribution < 1.29 is 9.53 Å². The molecule has 0 bridgehead atoms. The van der Waals surface area contributed by atoms with Gasteiger partial charge in [-0.2, -0.15) is 0 Å². The average Bonchev–Trinajstić information content (AvgIpc) is 2.76. The van der Waals surface area contributed by atoms with E-state index in [9.17, 15) is 4.79 Å². The van der Waals surface area contributed by atoms with Crippen LogP contribution < -0.4 is 4.74 Å². The van der Waals surface area contributed by atoms with Gasteiger partial charge in [0, 0.05) is 12.3 Å². The highest BCUT2D eigenvalue weighted by Gasteiger charge is 2.27. The van der Waals surface area contributed by atoms with Gasteiger partial charge in [-0.15, -0.1) is 0 Å². The van der Waals surface area contributed by atoms with Crippen molar-refractivity contribution in [3.8, 4) is 16.9 Å². The minimum absolute atomic E-state index is 0.0951. The summed E-state index contributed by atoms with van der Waals surface area (Å²) < 4.78 is 5.91. The van der Waals surface area contributed by atoms with Crippen molar-refractivity contribution in [3.05, 3.63) is 54.1 Å². The van der Waals surface area contributed by atoms with Gasteiger partial charge < -0.3 is 4.74 Å². The van der Waals surface area contributed by atoms with E-state index in [4.69, 9.17) is 4.74 Å². The minimum Gasteiger partial charge on any atom is -0.494 e. The first-order chi connectivity index (χ1) is 14.7. The molecule has 0 aromatic heterocycles. The maximum atomic E-state index is 12.4. The molecule has 2 aromatic carbocycles. The second kappa shape index (κ2) is 11.9. The maximum Gasteiger partial charge on any atom is 0.140 e. The largest absolute Gasteiger partial charge is 0.494 e. The molecule has 0 heterocycles. The quantitative estimate of drug-likeness (QED) is 0.354. The van der Waals surface area contributed by atoms with Crippen LogP contribution in [0.15, 0.2) is 48.5 Å². The Morgan fingerprint density at radius 2 is 1.40 bits per heavy atom. The summed E-state index contributed by atoms with van der Waals surface area (Å²) in [5.41, 5.74) is 3.55. The Kier molecular flexibility index (Phi) is 8.99. The number of hydrogen-bond donors (Lipinski definition) is 0. The molecular weight excluding hydrogens is 368 g/mol. The Balaban J connectivity index is 1.45. The third kappa shape index (κ3) is 6.72. The number of benzene rings is 2. The smallest absolute Gasteiger partial charge is 0.140 e. The molecule has 2 heteroatoms. The fourth-order valence-electron chi connectivity index (χ4n) is 4.45. The molecule has 0 spiro atoms. The van der Waals surface area contributed by atoms with Crippen LogP contribution in [0.1, 0.15) is 89.5 Å². The number of Topliss-reactive ketones (excluding diaryl/α,β-unsaturated/α-hetero) is 1. The van der Waals surface area contributed by atoms with E-state index in [-0.39, 0.29) is 5.92 Å². The number of hydrogen-bond acceptors (Lipinski definition) is 2. The van der Waals surface area contributed by atoms with Crippen LogP contribution in [0.2, 0.25) is 0 Å². The summed E-state index contributed by atoms with van der Waals surface area (Å²) in [7, 11) is 0. The van der Waals surface area contributed by atoms with Crippen molar-refractivity contribution in [2.75, 3.05) is 6.61 Å². The van der Waals surface area contributed by atoms with Gasteiger partial charge >= 0.3 is 0 Å². The lowest BCUT2D eigenvalue weighted by molar-refractivity contribution is -0.123. The van der Waals surface area contributed by atoms with Crippen LogP contribution in [0, 0.1) is 5.92 Å². The van der Waals surface area contributed by atoms with Crippen molar-refractivity contribution >= 4 is 5.78 Å².